The number of amides is 1. The summed E-state index contributed by atoms with van der Waals surface area (Å²) >= 11 is 0. The van der Waals surface area contributed by atoms with Crippen LogP contribution in [-0.2, 0) is 6.42 Å². The Morgan fingerprint density at radius 2 is 2.10 bits per heavy atom. The van der Waals surface area contributed by atoms with Gasteiger partial charge < -0.3 is 14.6 Å². The molecule has 0 bridgehead atoms. The molecule has 0 saturated heterocycles. The van der Waals surface area contributed by atoms with E-state index in [9.17, 15) is 4.79 Å². The lowest BCUT2D eigenvalue weighted by Gasteiger charge is -2.11. The van der Waals surface area contributed by atoms with Crippen molar-refractivity contribution in [2.24, 2.45) is 0 Å². The second-order valence-corrected chi connectivity index (χ2v) is 4.71. The molecule has 112 valence electrons. The number of carbonyl (C=O) groups is 1. The minimum atomic E-state index is -0.224. The molecule has 0 radical (unpaired) electrons. The smallest absolute Gasteiger partial charge is 0.261 e. The molecule has 1 N–H and O–H groups in total. The van der Waals surface area contributed by atoms with Crippen LogP contribution in [0.25, 0.3) is 0 Å². The Bertz CT molecular complexity index is 620. The van der Waals surface area contributed by atoms with Gasteiger partial charge in [0.2, 0.25) is 0 Å². The van der Waals surface area contributed by atoms with Crippen molar-refractivity contribution in [3.63, 3.8) is 0 Å². The number of aromatic nitrogens is 1. The highest BCUT2D eigenvalue weighted by Gasteiger charge is 2.20. The van der Waals surface area contributed by atoms with Gasteiger partial charge in [-0.05, 0) is 31.9 Å². The normalized spacial score (nSPS) is 10.4. The average molecular weight is 288 g/mol. The number of para-hydroxylation sites is 2. The van der Waals surface area contributed by atoms with Crippen LogP contribution in [0.1, 0.15) is 42.1 Å². The zero-order valence-electron chi connectivity index (χ0n) is 12.6. The number of nitrogens with zero attached hydrogens (tertiary/aromatic N) is 1. The predicted molar refractivity (Wildman–Crippen MR) is 80.8 cm³/mol. The summed E-state index contributed by atoms with van der Waals surface area (Å²) in [7, 11) is 0. The molecule has 0 fully saturated rings. The van der Waals surface area contributed by atoms with Crippen LogP contribution < -0.4 is 10.1 Å². The van der Waals surface area contributed by atoms with E-state index in [1.54, 1.807) is 6.92 Å². The van der Waals surface area contributed by atoms with Crippen LogP contribution in [-0.4, -0.2) is 17.7 Å². The third-order valence-electron chi connectivity index (χ3n) is 3.09. The van der Waals surface area contributed by atoms with Gasteiger partial charge in [-0.2, -0.15) is 0 Å². The van der Waals surface area contributed by atoms with E-state index >= 15 is 0 Å². The maximum Gasteiger partial charge on any atom is 0.261 e. The van der Waals surface area contributed by atoms with Gasteiger partial charge in [-0.15, -0.1) is 0 Å². The molecular weight excluding hydrogens is 268 g/mol. The van der Waals surface area contributed by atoms with Crippen molar-refractivity contribution in [2.45, 2.75) is 33.6 Å². The molecule has 5 heteroatoms. The molecule has 1 heterocycles. The fourth-order valence-electron chi connectivity index (χ4n) is 2.04. The van der Waals surface area contributed by atoms with Crippen LogP contribution >= 0.6 is 0 Å². The predicted octanol–water partition coefficient (Wildman–Crippen LogP) is 3.59. The maximum absolute atomic E-state index is 12.4. The third kappa shape index (κ3) is 3.42. The van der Waals surface area contributed by atoms with E-state index in [0.29, 0.717) is 41.5 Å². The zero-order valence-corrected chi connectivity index (χ0v) is 12.6. The molecule has 5 nitrogen and oxygen atoms in total. The van der Waals surface area contributed by atoms with Crippen molar-refractivity contribution in [3.05, 3.63) is 41.3 Å². The van der Waals surface area contributed by atoms with Crippen molar-refractivity contribution in [2.75, 3.05) is 11.9 Å². The lowest BCUT2D eigenvalue weighted by molar-refractivity contribution is 0.102. The van der Waals surface area contributed by atoms with Gasteiger partial charge in [0.15, 0.2) is 0 Å². The monoisotopic (exact) mass is 288 g/mol. The average Bonchev–Trinajstić information content (AvgIpc) is 2.87. The van der Waals surface area contributed by atoms with Crippen molar-refractivity contribution in [1.82, 2.24) is 5.16 Å². The first-order valence-corrected chi connectivity index (χ1v) is 7.15. The van der Waals surface area contributed by atoms with Crippen molar-refractivity contribution >= 4 is 11.6 Å². The first-order valence-electron chi connectivity index (χ1n) is 7.15. The second kappa shape index (κ2) is 6.92. The van der Waals surface area contributed by atoms with Crippen LogP contribution in [0.15, 0.2) is 28.8 Å². The molecule has 1 aromatic carbocycles. The summed E-state index contributed by atoms with van der Waals surface area (Å²) in [5.41, 5.74) is 1.82. The zero-order chi connectivity index (χ0) is 15.2. The van der Waals surface area contributed by atoms with Gasteiger partial charge in [0.25, 0.3) is 5.91 Å². The summed E-state index contributed by atoms with van der Waals surface area (Å²) in [6.07, 6.45) is 1.56. The standard InChI is InChI=1S/C16H20N2O3/c1-4-10-20-14-9-7-6-8-13(14)17-16(19)15-11(3)21-18-12(15)5-2/h6-9H,4-5,10H2,1-3H3,(H,17,19). The number of hydrogen-bond acceptors (Lipinski definition) is 4. The largest absolute Gasteiger partial charge is 0.491 e. The highest BCUT2D eigenvalue weighted by Crippen LogP contribution is 2.25. The topological polar surface area (TPSA) is 64.4 Å². The Balaban J connectivity index is 2.21. The number of benzene rings is 1. The molecule has 0 saturated carbocycles. The summed E-state index contributed by atoms with van der Waals surface area (Å²) in [5.74, 6) is 0.967. The van der Waals surface area contributed by atoms with Crippen LogP contribution in [0.5, 0.6) is 5.75 Å². The Kier molecular flexibility index (Phi) is 4.98. The Labute approximate surface area is 124 Å². The molecule has 2 aromatic rings. The molecule has 0 aliphatic carbocycles. The molecule has 2 rings (SSSR count). The van der Waals surface area contributed by atoms with E-state index < -0.39 is 0 Å². The maximum atomic E-state index is 12.4. The quantitative estimate of drug-likeness (QED) is 0.882. The number of hydrogen-bond donors (Lipinski definition) is 1. The highest BCUT2D eigenvalue weighted by atomic mass is 16.5. The molecule has 1 amide bonds. The minimum Gasteiger partial charge on any atom is -0.491 e. The Morgan fingerprint density at radius 3 is 2.81 bits per heavy atom. The van der Waals surface area contributed by atoms with Crippen molar-refractivity contribution < 1.29 is 14.1 Å². The van der Waals surface area contributed by atoms with Crippen molar-refractivity contribution in [3.8, 4) is 5.75 Å². The van der Waals surface area contributed by atoms with Gasteiger partial charge in [0, 0.05) is 0 Å². The van der Waals surface area contributed by atoms with Gasteiger partial charge in [0.05, 0.1) is 18.0 Å². The molecular formula is C16H20N2O3. The summed E-state index contributed by atoms with van der Waals surface area (Å²) in [6, 6.07) is 7.39. The molecule has 0 aliphatic heterocycles. The van der Waals surface area contributed by atoms with Crippen LogP contribution in [0, 0.1) is 6.92 Å². The van der Waals surface area contributed by atoms with Crippen LogP contribution in [0.4, 0.5) is 5.69 Å². The van der Waals surface area contributed by atoms with Crippen LogP contribution in [0.3, 0.4) is 0 Å². The van der Waals surface area contributed by atoms with Gasteiger partial charge in [-0.1, -0.05) is 31.1 Å². The number of rotatable bonds is 6. The number of aryl methyl sites for hydroxylation is 2. The molecule has 1 aromatic heterocycles. The summed E-state index contributed by atoms with van der Waals surface area (Å²) in [5, 5.41) is 6.78. The van der Waals surface area contributed by atoms with Crippen molar-refractivity contribution in [1.29, 1.82) is 0 Å². The number of ether oxygens (including phenoxy) is 1. The summed E-state index contributed by atoms with van der Waals surface area (Å²) in [6.45, 7) is 6.32. The van der Waals surface area contributed by atoms with E-state index in [1.807, 2.05) is 38.1 Å². The lowest BCUT2D eigenvalue weighted by atomic mass is 10.1. The first kappa shape index (κ1) is 15.1. The Hall–Kier alpha value is -2.30. The number of carbonyl (C=O) groups excluding carboxylic acids is 1. The van der Waals surface area contributed by atoms with Gasteiger partial charge >= 0.3 is 0 Å². The molecule has 21 heavy (non-hydrogen) atoms. The second-order valence-electron chi connectivity index (χ2n) is 4.71. The number of anilines is 1. The summed E-state index contributed by atoms with van der Waals surface area (Å²) in [4.78, 5) is 12.4. The van der Waals surface area contributed by atoms with E-state index in [-0.39, 0.29) is 5.91 Å². The number of nitrogens with one attached hydrogen (secondary N) is 1. The fraction of sp³-hybridized carbons (Fsp3) is 0.375. The lowest BCUT2D eigenvalue weighted by Crippen LogP contribution is -2.15. The van der Waals surface area contributed by atoms with Gasteiger partial charge in [-0.3, -0.25) is 4.79 Å². The fourth-order valence-corrected chi connectivity index (χ4v) is 2.04. The summed E-state index contributed by atoms with van der Waals surface area (Å²) < 4.78 is 10.7. The van der Waals surface area contributed by atoms with E-state index in [1.165, 1.54) is 0 Å². The molecule has 0 spiro atoms. The van der Waals surface area contributed by atoms with Gasteiger partial charge in [0.1, 0.15) is 17.1 Å². The van der Waals surface area contributed by atoms with Gasteiger partial charge in [-0.25, -0.2) is 0 Å². The first-order chi connectivity index (χ1) is 10.2. The van der Waals surface area contributed by atoms with Crippen LogP contribution in [0.2, 0.25) is 0 Å². The minimum absolute atomic E-state index is 0.224. The van der Waals surface area contributed by atoms with E-state index in [0.717, 1.165) is 6.42 Å². The highest BCUT2D eigenvalue weighted by molar-refractivity contribution is 6.06. The SMILES string of the molecule is CCCOc1ccccc1NC(=O)c1c(CC)noc1C. The molecule has 0 atom stereocenters. The molecule has 0 aliphatic rings. The third-order valence-corrected chi connectivity index (χ3v) is 3.09. The van der Waals surface area contributed by atoms with E-state index in [4.69, 9.17) is 9.26 Å². The van der Waals surface area contributed by atoms with E-state index in [2.05, 4.69) is 10.5 Å². The Morgan fingerprint density at radius 1 is 1.33 bits per heavy atom. The molecule has 0 unspecified atom stereocenters.